The van der Waals surface area contributed by atoms with Gasteiger partial charge in [-0.25, -0.2) is 13.6 Å². The standard InChI is InChI=1S/C11H13NO2.C6H5F.C4H8FN/c1-14-11(13)12-7-6-9-4-2-3-5-10(9)8-12;7-6-4-2-1-3-5-6;5-4-1-2-6-3-4/h2-5H,6-8H2,1H3;1-5H;4,6H,1-3H2. The summed E-state index contributed by atoms with van der Waals surface area (Å²) in [5.74, 6) is -0.178. The Balaban J connectivity index is 0.000000167. The maximum Gasteiger partial charge on any atom is 0.409 e. The van der Waals surface area contributed by atoms with Crippen molar-refractivity contribution >= 4 is 6.09 Å². The maximum absolute atomic E-state index is 11.9. The Kier molecular flexibility index (Phi) is 8.71. The van der Waals surface area contributed by atoms with Gasteiger partial charge in [0.05, 0.1) is 7.11 Å². The first-order valence-electron chi connectivity index (χ1n) is 9.05. The third-order valence-corrected chi connectivity index (χ3v) is 4.30. The van der Waals surface area contributed by atoms with Gasteiger partial charge in [0.25, 0.3) is 0 Å². The van der Waals surface area contributed by atoms with Crippen LogP contribution in [-0.4, -0.2) is 43.9 Å². The molecule has 2 aliphatic heterocycles. The Hall–Kier alpha value is -2.47. The number of ether oxygens (including phenoxy) is 1. The number of carbonyl (C=O) groups is 1. The lowest BCUT2D eigenvalue weighted by Crippen LogP contribution is -2.35. The smallest absolute Gasteiger partial charge is 0.409 e. The number of hydrogen-bond acceptors (Lipinski definition) is 3. The molecule has 0 spiro atoms. The van der Waals surface area contributed by atoms with Crippen LogP contribution < -0.4 is 5.32 Å². The second-order valence-corrected chi connectivity index (χ2v) is 6.30. The summed E-state index contributed by atoms with van der Waals surface area (Å²) in [7, 11) is 1.42. The van der Waals surface area contributed by atoms with Crippen LogP contribution in [0.4, 0.5) is 13.6 Å². The molecule has 1 fully saturated rings. The Morgan fingerprint density at radius 3 is 2.26 bits per heavy atom. The molecule has 0 radical (unpaired) electrons. The number of halogens is 2. The van der Waals surface area contributed by atoms with Gasteiger partial charge in [-0.05, 0) is 42.6 Å². The predicted octanol–water partition coefficient (Wildman–Crippen LogP) is 3.95. The molecule has 0 saturated carbocycles. The Labute approximate surface area is 159 Å². The fraction of sp³-hybridized carbons (Fsp3) is 0.381. The van der Waals surface area contributed by atoms with Gasteiger partial charge in [-0.2, -0.15) is 0 Å². The molecule has 1 amide bonds. The molecule has 1 atom stereocenters. The van der Waals surface area contributed by atoms with Crippen molar-refractivity contribution < 1.29 is 18.3 Å². The summed E-state index contributed by atoms with van der Waals surface area (Å²) >= 11 is 0. The van der Waals surface area contributed by atoms with Crippen LogP contribution in [0.2, 0.25) is 0 Å². The van der Waals surface area contributed by atoms with Crippen LogP contribution in [0.3, 0.4) is 0 Å². The summed E-state index contributed by atoms with van der Waals surface area (Å²) in [5, 5.41) is 2.90. The molecule has 146 valence electrons. The number of benzene rings is 2. The highest BCUT2D eigenvalue weighted by Gasteiger charge is 2.20. The van der Waals surface area contributed by atoms with Gasteiger partial charge in [0.1, 0.15) is 12.0 Å². The first-order chi connectivity index (χ1) is 13.1. The van der Waals surface area contributed by atoms with Crippen LogP contribution in [0.5, 0.6) is 0 Å². The van der Waals surface area contributed by atoms with Gasteiger partial charge >= 0.3 is 6.09 Å². The van der Waals surface area contributed by atoms with Gasteiger partial charge in [-0.15, -0.1) is 0 Å². The number of nitrogens with zero attached hydrogens (tertiary/aromatic N) is 1. The summed E-state index contributed by atoms with van der Waals surface area (Å²) in [5.41, 5.74) is 2.57. The van der Waals surface area contributed by atoms with Crippen LogP contribution in [0, 0.1) is 5.82 Å². The van der Waals surface area contributed by atoms with E-state index in [1.165, 1.54) is 30.4 Å². The highest BCUT2D eigenvalue weighted by Crippen LogP contribution is 2.18. The van der Waals surface area contributed by atoms with E-state index in [0.717, 1.165) is 19.5 Å². The quantitative estimate of drug-likeness (QED) is 0.757. The second-order valence-electron chi connectivity index (χ2n) is 6.30. The fourth-order valence-electron chi connectivity index (χ4n) is 2.81. The molecule has 27 heavy (non-hydrogen) atoms. The molecule has 0 bridgehead atoms. The minimum absolute atomic E-state index is 0.178. The molecule has 2 heterocycles. The molecule has 4 nitrogen and oxygen atoms in total. The lowest BCUT2D eigenvalue weighted by atomic mass is 10.0. The highest BCUT2D eigenvalue weighted by molar-refractivity contribution is 5.67. The number of fused-ring (bicyclic) bond motifs is 1. The van der Waals surface area contributed by atoms with Gasteiger partial charge < -0.3 is 15.0 Å². The van der Waals surface area contributed by atoms with Crippen molar-refractivity contribution in [3.05, 3.63) is 71.5 Å². The van der Waals surface area contributed by atoms with Crippen molar-refractivity contribution in [1.29, 1.82) is 0 Å². The van der Waals surface area contributed by atoms with E-state index in [-0.39, 0.29) is 11.9 Å². The van der Waals surface area contributed by atoms with Gasteiger partial charge in [0.15, 0.2) is 0 Å². The normalized spacial score (nSPS) is 17.6. The summed E-state index contributed by atoms with van der Waals surface area (Å²) in [6.45, 7) is 2.85. The molecule has 2 aliphatic rings. The number of rotatable bonds is 0. The van der Waals surface area contributed by atoms with E-state index < -0.39 is 6.17 Å². The van der Waals surface area contributed by atoms with Crippen molar-refractivity contribution in [2.24, 2.45) is 0 Å². The summed E-state index contributed by atoms with van der Waals surface area (Å²) in [6.07, 6.45) is 0.829. The molecule has 1 unspecified atom stereocenters. The van der Waals surface area contributed by atoms with E-state index in [0.29, 0.717) is 19.5 Å². The average Bonchev–Trinajstić information content (AvgIpc) is 3.19. The zero-order valence-electron chi connectivity index (χ0n) is 15.5. The maximum atomic E-state index is 11.9. The highest BCUT2D eigenvalue weighted by atomic mass is 19.1. The van der Waals surface area contributed by atoms with Crippen LogP contribution in [-0.2, 0) is 17.7 Å². The summed E-state index contributed by atoms with van der Waals surface area (Å²) in [4.78, 5) is 13.0. The molecule has 0 aromatic heterocycles. The monoisotopic (exact) mass is 376 g/mol. The summed E-state index contributed by atoms with van der Waals surface area (Å²) < 4.78 is 28.5. The van der Waals surface area contributed by atoms with E-state index in [4.69, 9.17) is 4.74 Å². The Morgan fingerprint density at radius 1 is 1.11 bits per heavy atom. The topological polar surface area (TPSA) is 41.6 Å². The molecule has 2 aromatic carbocycles. The number of hydrogen-bond donors (Lipinski definition) is 1. The van der Waals surface area contributed by atoms with E-state index in [9.17, 15) is 13.6 Å². The minimum Gasteiger partial charge on any atom is -0.453 e. The average molecular weight is 376 g/mol. The van der Waals surface area contributed by atoms with Crippen molar-refractivity contribution in [3.8, 4) is 0 Å². The van der Waals surface area contributed by atoms with Crippen LogP contribution >= 0.6 is 0 Å². The van der Waals surface area contributed by atoms with E-state index in [2.05, 4.69) is 17.4 Å². The lowest BCUT2D eigenvalue weighted by molar-refractivity contribution is 0.118. The second kappa shape index (κ2) is 11.3. The van der Waals surface area contributed by atoms with Crippen LogP contribution in [0.1, 0.15) is 17.5 Å². The summed E-state index contributed by atoms with van der Waals surface area (Å²) in [6, 6.07) is 16.1. The first kappa shape index (κ1) is 20.8. The van der Waals surface area contributed by atoms with Crippen molar-refractivity contribution in [1.82, 2.24) is 10.2 Å². The third-order valence-electron chi connectivity index (χ3n) is 4.30. The number of amides is 1. The van der Waals surface area contributed by atoms with Crippen LogP contribution in [0.15, 0.2) is 54.6 Å². The van der Waals surface area contributed by atoms with Crippen LogP contribution in [0.25, 0.3) is 0 Å². The molecule has 4 rings (SSSR count). The van der Waals surface area contributed by atoms with Crippen molar-refractivity contribution in [2.45, 2.75) is 25.6 Å². The van der Waals surface area contributed by atoms with Gasteiger partial charge in [-0.3, -0.25) is 0 Å². The molecule has 0 aliphatic carbocycles. The number of carbonyl (C=O) groups excluding carboxylic acids is 1. The third kappa shape index (κ3) is 7.35. The zero-order chi connectivity index (χ0) is 19.5. The van der Waals surface area contributed by atoms with Crippen molar-refractivity contribution in [2.75, 3.05) is 26.7 Å². The molecule has 1 saturated heterocycles. The number of nitrogens with one attached hydrogen (secondary N) is 1. The van der Waals surface area contributed by atoms with Gasteiger partial charge in [-0.1, -0.05) is 42.5 Å². The Morgan fingerprint density at radius 2 is 1.78 bits per heavy atom. The minimum atomic E-state index is -0.565. The largest absolute Gasteiger partial charge is 0.453 e. The number of methoxy groups -OCH3 is 1. The SMILES string of the molecule is COC(=O)N1CCc2ccccc2C1.FC1CCNC1.Fc1ccccc1. The van der Waals surface area contributed by atoms with E-state index in [1.54, 1.807) is 23.1 Å². The molecule has 1 N–H and O–H groups in total. The zero-order valence-corrected chi connectivity index (χ0v) is 15.5. The molecular formula is C21H26F2N2O2. The van der Waals surface area contributed by atoms with Crippen molar-refractivity contribution in [3.63, 3.8) is 0 Å². The van der Waals surface area contributed by atoms with Gasteiger partial charge in [0.2, 0.25) is 0 Å². The van der Waals surface area contributed by atoms with Gasteiger partial charge in [0, 0.05) is 19.6 Å². The Bertz CT molecular complexity index is 692. The molecule has 2 aromatic rings. The fourth-order valence-corrected chi connectivity index (χ4v) is 2.81. The molecule has 6 heteroatoms. The molecular weight excluding hydrogens is 350 g/mol. The first-order valence-corrected chi connectivity index (χ1v) is 9.05. The lowest BCUT2D eigenvalue weighted by Gasteiger charge is -2.27. The number of alkyl halides is 1. The predicted molar refractivity (Wildman–Crippen MR) is 102 cm³/mol. The van der Waals surface area contributed by atoms with E-state index in [1.807, 2.05) is 12.1 Å². The van der Waals surface area contributed by atoms with E-state index >= 15 is 0 Å².